The first kappa shape index (κ1) is 79.0. The van der Waals surface area contributed by atoms with Gasteiger partial charge in [-0.15, -0.1) is 47.0 Å². The number of primary amides is 2. The Morgan fingerprint density at radius 2 is 0.858 bits per heavy atom. The van der Waals surface area contributed by atoms with Crippen LogP contribution in [0.3, 0.4) is 0 Å². The number of furan rings is 2. The van der Waals surface area contributed by atoms with Crippen molar-refractivity contribution >= 4 is 142 Å². The average molecular weight is 1550 g/mol. The molecular formula is C64H70N14O24S4. The van der Waals surface area contributed by atoms with E-state index >= 15 is 0 Å². The largest absolute Gasteiger partial charge is 0.480 e. The van der Waals surface area contributed by atoms with Crippen molar-refractivity contribution in [3.63, 3.8) is 0 Å². The van der Waals surface area contributed by atoms with Gasteiger partial charge in [0.1, 0.15) is 109 Å². The number of benzene rings is 2. The van der Waals surface area contributed by atoms with Crippen LogP contribution in [0, 0.1) is 0 Å². The molecule has 0 bridgehead atoms. The number of carbonyl (C=O) groups is 14. The Kier molecular flexibility index (Phi) is 24.6. The SMILES string of the molecule is CC1(C)S[C@@H]2[C@H](NC(=O)[C@H](N)c3ccccc3)C(=O)N2[C@H]1C(=O)O.CC1(C)S[C@@H]2[C@H](NC(=O)[C@H](N)c3ccccc3)C(=O)N2[C@H]1C(=O)O.CO/N=C(/C(=O)N[C@@H]1C(=O)N2C(C(=O)O)=C(COC(N)=O)CS[C@H]12)c1ccco1.CO/N=C(/C(=O)N[C@@H]1C(=O)N2C(C(=O)O)=C(COC(N)=O)CS[C@H]12)c1ccco1. The van der Waals surface area contributed by atoms with E-state index in [-0.39, 0.29) is 92.8 Å². The van der Waals surface area contributed by atoms with Crippen LogP contribution in [0.2, 0.25) is 0 Å². The topological polar surface area (TPSA) is 573 Å². The number of carboxylic acids is 4. The summed E-state index contributed by atoms with van der Waals surface area (Å²) < 4.78 is 18.3. The van der Waals surface area contributed by atoms with Gasteiger partial charge < -0.3 is 102 Å². The van der Waals surface area contributed by atoms with Gasteiger partial charge in [-0.1, -0.05) is 71.0 Å². The number of nitrogens with zero attached hydrogens (tertiary/aromatic N) is 6. The smallest absolute Gasteiger partial charge is 0.404 e. The monoisotopic (exact) mass is 1550 g/mol. The van der Waals surface area contributed by atoms with E-state index in [9.17, 15) is 87.5 Å². The molecule has 10 amide bonds. The molecule has 106 heavy (non-hydrogen) atoms. The lowest BCUT2D eigenvalue weighted by atomic mass is 9.95. The van der Waals surface area contributed by atoms with Gasteiger partial charge in [0.25, 0.3) is 23.6 Å². The Morgan fingerprint density at radius 3 is 1.15 bits per heavy atom. The van der Waals surface area contributed by atoms with E-state index in [0.717, 1.165) is 9.80 Å². The molecule has 16 N–H and O–H groups in total. The highest BCUT2D eigenvalue weighted by atomic mass is 32.2. The number of carbonyl (C=O) groups excluding carboxylic acids is 10. The zero-order valence-electron chi connectivity index (χ0n) is 56.6. The number of hydrogen-bond acceptors (Lipinski definition) is 28. The first-order valence-electron chi connectivity index (χ1n) is 31.4. The fourth-order valence-electron chi connectivity index (χ4n) is 12.1. The lowest BCUT2D eigenvalue weighted by Gasteiger charge is -2.49. The van der Waals surface area contributed by atoms with Crippen molar-refractivity contribution in [1.29, 1.82) is 0 Å². The van der Waals surface area contributed by atoms with E-state index < -0.39 is 140 Å². The summed E-state index contributed by atoms with van der Waals surface area (Å²) in [6, 6.07) is 16.9. The fourth-order valence-corrected chi connectivity index (χ4v) is 18.0. The van der Waals surface area contributed by atoms with Crippen molar-refractivity contribution in [3.8, 4) is 0 Å². The van der Waals surface area contributed by atoms with Crippen LogP contribution in [0.5, 0.6) is 0 Å². The molecule has 12 atom stereocenters. The highest BCUT2D eigenvalue weighted by Crippen LogP contribution is 2.52. The number of nitrogens with one attached hydrogen (secondary N) is 4. The Bertz CT molecular complexity index is 4010. The number of nitrogens with two attached hydrogens (primary N) is 4. The van der Waals surface area contributed by atoms with E-state index in [1.165, 1.54) is 95.7 Å². The zero-order valence-corrected chi connectivity index (χ0v) is 59.8. The van der Waals surface area contributed by atoms with Gasteiger partial charge in [-0.3, -0.25) is 48.2 Å². The van der Waals surface area contributed by atoms with Gasteiger partial charge in [-0.2, -0.15) is 0 Å². The maximum Gasteiger partial charge on any atom is 0.404 e. The molecule has 8 aliphatic heterocycles. The zero-order chi connectivity index (χ0) is 77.5. The van der Waals surface area contributed by atoms with Gasteiger partial charge in [-0.05, 0) is 63.1 Å². The van der Waals surface area contributed by atoms with Crippen LogP contribution in [-0.4, -0.2) is 241 Å². The highest BCUT2D eigenvalue weighted by molar-refractivity contribution is 8.02. The number of ether oxygens (including phenoxy) is 2. The van der Waals surface area contributed by atoms with Gasteiger partial charge in [0.05, 0.1) is 12.5 Å². The number of oxime groups is 2. The summed E-state index contributed by atoms with van der Waals surface area (Å²) in [5.41, 5.74) is 22.5. The van der Waals surface area contributed by atoms with Gasteiger partial charge in [0, 0.05) is 32.1 Å². The molecule has 12 rings (SSSR count). The predicted molar refractivity (Wildman–Crippen MR) is 373 cm³/mol. The number of β-lactam (4-membered cyclic amide) rings is 4. The summed E-state index contributed by atoms with van der Waals surface area (Å²) in [7, 11) is 2.51. The molecule has 0 aliphatic carbocycles. The minimum Gasteiger partial charge on any atom is -0.480 e. The first-order chi connectivity index (χ1) is 50.2. The van der Waals surface area contributed by atoms with Crippen LogP contribution in [0.4, 0.5) is 9.59 Å². The second kappa shape index (κ2) is 32.9. The number of fused-ring (bicyclic) bond motifs is 4. The number of carboxylic acid groups (broad SMARTS) is 4. The molecule has 6 fully saturated rings. The molecule has 0 spiro atoms. The van der Waals surface area contributed by atoms with Crippen LogP contribution in [0.1, 0.15) is 62.4 Å². The third-order valence-corrected chi connectivity index (χ3v) is 22.8. The molecule has 6 saturated heterocycles. The fraction of sp³-hybridized carbons (Fsp3) is 0.375. The second-order valence-electron chi connectivity index (χ2n) is 24.6. The molecule has 42 heteroatoms. The first-order valence-corrected chi connectivity index (χ1v) is 35.3. The van der Waals surface area contributed by atoms with E-state index in [1.54, 1.807) is 88.4 Å². The summed E-state index contributed by atoms with van der Waals surface area (Å²) >= 11 is 5.19. The van der Waals surface area contributed by atoms with Crippen molar-refractivity contribution in [2.75, 3.05) is 38.9 Å². The minimum absolute atomic E-state index is 0.140. The molecule has 38 nitrogen and oxygen atoms in total. The highest BCUT2D eigenvalue weighted by Gasteiger charge is 2.66. The van der Waals surface area contributed by atoms with Gasteiger partial charge in [-0.25, -0.2) is 28.8 Å². The van der Waals surface area contributed by atoms with E-state index in [4.69, 9.17) is 31.8 Å². The standard InChI is InChI=1S/2C16H16N4O8S.2C16H19N3O4S/c2*1-26-19-9(8-3-2-4-27-8)12(21)18-10-13(22)20-11(15(23)24)7(5-28-16(17)25)6-29-14(10)20;2*1-16(2)11(15(22)23)19-13(21)10(14(19)24-16)18-12(20)9(17)8-6-4-3-5-7-8/h2*2-4,10,14H,5-6H2,1H3,(H2,17,25)(H,18,21)(H,23,24);2*3-7,9-11,14H,17H2,1-2H3,(H,18,20)(H,22,23)/b2*19-9+;;/t2*10-,14-;2*9-,10-,11+,14-/m1111/s1. The normalized spacial score (nSPS) is 24.6. The molecule has 4 aromatic rings. The summed E-state index contributed by atoms with van der Waals surface area (Å²) in [5.74, 6) is -8.48. The van der Waals surface area contributed by atoms with Crippen molar-refractivity contribution < 1.29 is 116 Å². The predicted octanol–water partition coefficient (Wildman–Crippen LogP) is -0.436. The maximum absolute atomic E-state index is 12.6. The minimum atomic E-state index is -1.35. The van der Waals surface area contributed by atoms with Crippen LogP contribution < -0.4 is 44.2 Å². The van der Waals surface area contributed by atoms with Crippen molar-refractivity contribution in [2.24, 2.45) is 33.2 Å². The lowest BCUT2D eigenvalue weighted by Crippen LogP contribution is -2.71. The molecule has 0 radical (unpaired) electrons. The Morgan fingerprint density at radius 1 is 0.519 bits per heavy atom. The molecule has 0 unspecified atom stereocenters. The second-order valence-corrected chi connectivity index (χ2v) is 30.3. The molecular weight excluding hydrogens is 1480 g/mol. The number of thioether (sulfide) groups is 4. The summed E-state index contributed by atoms with van der Waals surface area (Å²) in [4.78, 5) is 181. The molecule has 564 valence electrons. The van der Waals surface area contributed by atoms with Crippen LogP contribution in [0.15, 0.2) is 139 Å². The van der Waals surface area contributed by atoms with Gasteiger partial charge >= 0.3 is 36.1 Å². The summed E-state index contributed by atoms with van der Waals surface area (Å²) in [5, 5.41) is 53.3. The Labute approximate surface area is 617 Å². The Hall–Kier alpha value is -11.1. The van der Waals surface area contributed by atoms with Crippen molar-refractivity contribution in [3.05, 3.63) is 143 Å². The average Bonchev–Trinajstić information content (AvgIpc) is 1.48. The van der Waals surface area contributed by atoms with E-state index in [1.807, 2.05) is 12.1 Å². The quantitative estimate of drug-likeness (QED) is 0.0270. The summed E-state index contributed by atoms with van der Waals surface area (Å²) in [6.45, 7) is 6.46. The number of hydrogen-bond donors (Lipinski definition) is 12. The van der Waals surface area contributed by atoms with Crippen molar-refractivity contribution in [1.82, 2.24) is 40.9 Å². The van der Waals surface area contributed by atoms with Crippen molar-refractivity contribution in [2.45, 2.75) is 107 Å². The molecule has 2 aromatic carbocycles. The summed E-state index contributed by atoms with van der Waals surface area (Å²) in [6.07, 6.45) is 0.580. The Balaban J connectivity index is 0.000000164. The molecule has 8 aliphatic rings. The third-order valence-electron chi connectivity index (χ3n) is 17.0. The van der Waals surface area contributed by atoms with E-state index in [2.05, 4.69) is 50.7 Å². The number of amides is 10. The van der Waals surface area contributed by atoms with Crippen LogP contribution in [-0.2, 0) is 76.7 Å². The third kappa shape index (κ3) is 16.4. The van der Waals surface area contributed by atoms with Gasteiger partial charge in [0.15, 0.2) is 11.5 Å². The maximum atomic E-state index is 12.6. The van der Waals surface area contributed by atoms with Gasteiger partial charge in [0.2, 0.25) is 35.1 Å². The molecule has 10 heterocycles. The van der Waals surface area contributed by atoms with E-state index in [0.29, 0.717) is 11.1 Å². The number of aliphatic carboxylic acids is 4. The van der Waals surface area contributed by atoms with Crippen LogP contribution in [0.25, 0.3) is 0 Å². The molecule has 2 aromatic heterocycles. The number of rotatable bonds is 22. The lowest BCUT2D eigenvalue weighted by molar-refractivity contribution is -0.161. The molecule has 0 saturated carbocycles. The van der Waals surface area contributed by atoms with Crippen LogP contribution >= 0.6 is 47.0 Å².